The molecule has 1 aromatic heterocycles. The number of carbonyl (C=O) groups is 2. The zero-order chi connectivity index (χ0) is 16.1. The summed E-state index contributed by atoms with van der Waals surface area (Å²) in [5.41, 5.74) is 0. The van der Waals surface area contributed by atoms with Crippen LogP contribution in [0.15, 0.2) is 17.5 Å². The van der Waals surface area contributed by atoms with Crippen molar-refractivity contribution >= 4 is 23.2 Å². The lowest BCUT2D eigenvalue weighted by Crippen LogP contribution is -2.40. The van der Waals surface area contributed by atoms with E-state index in [1.807, 2.05) is 16.3 Å². The summed E-state index contributed by atoms with van der Waals surface area (Å²) in [5.74, 6) is 0.291. The fraction of sp³-hybridized carbons (Fsp3) is 0.667. The third kappa shape index (κ3) is 4.56. The molecule has 1 saturated carbocycles. The lowest BCUT2D eigenvalue weighted by molar-refractivity contribution is -0.129. The second kappa shape index (κ2) is 7.95. The van der Waals surface area contributed by atoms with E-state index in [0.29, 0.717) is 25.4 Å². The molecule has 0 bridgehead atoms. The average Bonchev–Trinajstić information content (AvgIpc) is 3.08. The van der Waals surface area contributed by atoms with Crippen LogP contribution >= 0.6 is 11.3 Å². The van der Waals surface area contributed by atoms with Crippen LogP contribution in [0.3, 0.4) is 0 Å². The molecule has 23 heavy (non-hydrogen) atoms. The normalized spacial score (nSPS) is 23.0. The Bertz CT molecular complexity index is 521. The molecule has 0 aromatic carbocycles. The van der Waals surface area contributed by atoms with Gasteiger partial charge in [0, 0.05) is 30.3 Å². The Morgan fingerprint density at radius 2 is 2.04 bits per heavy atom. The Morgan fingerprint density at radius 3 is 2.74 bits per heavy atom. The molecule has 2 aliphatic rings. The van der Waals surface area contributed by atoms with E-state index in [4.69, 9.17) is 0 Å². The molecule has 1 aromatic rings. The van der Waals surface area contributed by atoms with Crippen molar-refractivity contribution in [1.29, 1.82) is 0 Å². The van der Waals surface area contributed by atoms with Crippen molar-refractivity contribution in [2.75, 3.05) is 6.54 Å². The maximum atomic E-state index is 12.3. The maximum Gasteiger partial charge on any atom is 0.225 e. The number of nitrogens with zero attached hydrogens (tertiary/aromatic N) is 1. The van der Waals surface area contributed by atoms with Crippen LogP contribution in [-0.4, -0.2) is 35.3 Å². The molecule has 2 fully saturated rings. The van der Waals surface area contributed by atoms with Crippen molar-refractivity contribution < 1.29 is 9.59 Å². The van der Waals surface area contributed by atoms with Crippen LogP contribution in [0.5, 0.6) is 0 Å². The highest BCUT2D eigenvalue weighted by atomic mass is 32.1. The van der Waals surface area contributed by atoms with Crippen molar-refractivity contribution in [1.82, 2.24) is 10.2 Å². The van der Waals surface area contributed by atoms with E-state index in [1.165, 1.54) is 30.6 Å². The lowest BCUT2D eigenvalue weighted by Gasteiger charge is -2.27. The molecule has 0 radical (unpaired) electrons. The maximum absolute atomic E-state index is 12.3. The van der Waals surface area contributed by atoms with Gasteiger partial charge in [-0.15, -0.1) is 11.3 Å². The van der Waals surface area contributed by atoms with Crippen molar-refractivity contribution in [3.63, 3.8) is 0 Å². The number of hydrogen-bond donors (Lipinski definition) is 1. The lowest BCUT2D eigenvalue weighted by atomic mass is 10.1. The van der Waals surface area contributed by atoms with Gasteiger partial charge < -0.3 is 10.2 Å². The second-order valence-corrected chi connectivity index (χ2v) is 7.77. The van der Waals surface area contributed by atoms with Gasteiger partial charge in [-0.25, -0.2) is 0 Å². The summed E-state index contributed by atoms with van der Waals surface area (Å²) in [6.45, 7) is 0.703. The third-order valence-corrected chi connectivity index (χ3v) is 5.90. The molecule has 2 heterocycles. The molecule has 5 heteroatoms. The first kappa shape index (κ1) is 16.5. The number of rotatable bonds is 5. The third-order valence-electron chi connectivity index (χ3n) is 4.97. The van der Waals surface area contributed by atoms with Crippen LogP contribution in [0.25, 0.3) is 0 Å². The minimum atomic E-state index is 0.00147. The van der Waals surface area contributed by atoms with E-state index in [1.54, 1.807) is 11.3 Å². The van der Waals surface area contributed by atoms with Crippen molar-refractivity contribution in [2.45, 2.75) is 69.9 Å². The van der Waals surface area contributed by atoms with Gasteiger partial charge >= 0.3 is 0 Å². The van der Waals surface area contributed by atoms with Gasteiger partial charge in [-0.3, -0.25) is 9.59 Å². The van der Waals surface area contributed by atoms with Gasteiger partial charge in [-0.1, -0.05) is 31.7 Å². The summed E-state index contributed by atoms with van der Waals surface area (Å²) in [7, 11) is 0. The first-order chi connectivity index (χ1) is 11.2. The summed E-state index contributed by atoms with van der Waals surface area (Å²) in [6.07, 6.45) is 9.07. The minimum Gasteiger partial charge on any atom is -0.351 e. The second-order valence-electron chi connectivity index (χ2n) is 6.74. The number of carbonyl (C=O) groups excluding carboxylic acids is 2. The number of thiophene rings is 1. The molecule has 0 spiro atoms. The largest absolute Gasteiger partial charge is 0.351 e. The van der Waals surface area contributed by atoms with Crippen molar-refractivity contribution in [3.05, 3.63) is 22.4 Å². The Kier molecular flexibility index (Phi) is 5.70. The SMILES string of the molecule is O=C(CCc1cccs1)N[C@H]1CC(=O)N(C2CCCCCC2)C1. The van der Waals surface area contributed by atoms with E-state index >= 15 is 0 Å². The number of aryl methyl sites for hydroxylation is 1. The smallest absolute Gasteiger partial charge is 0.225 e. The Balaban J connectivity index is 1.46. The summed E-state index contributed by atoms with van der Waals surface area (Å²) >= 11 is 1.69. The van der Waals surface area contributed by atoms with Gasteiger partial charge in [0.05, 0.1) is 6.04 Å². The van der Waals surface area contributed by atoms with E-state index in [2.05, 4.69) is 11.4 Å². The van der Waals surface area contributed by atoms with Gasteiger partial charge in [-0.05, 0) is 30.7 Å². The van der Waals surface area contributed by atoms with Gasteiger partial charge in [0.25, 0.3) is 0 Å². The van der Waals surface area contributed by atoms with Crippen LogP contribution in [-0.2, 0) is 16.0 Å². The van der Waals surface area contributed by atoms with Gasteiger partial charge in [0.2, 0.25) is 11.8 Å². The van der Waals surface area contributed by atoms with E-state index < -0.39 is 0 Å². The zero-order valence-electron chi connectivity index (χ0n) is 13.6. The molecule has 1 atom stereocenters. The molecular weight excluding hydrogens is 308 g/mol. The molecule has 1 aliphatic carbocycles. The molecule has 3 rings (SSSR count). The van der Waals surface area contributed by atoms with Gasteiger partial charge in [0.15, 0.2) is 0 Å². The first-order valence-corrected chi connectivity index (χ1v) is 9.71. The summed E-state index contributed by atoms with van der Waals surface area (Å²) < 4.78 is 0. The summed E-state index contributed by atoms with van der Waals surface area (Å²) in [6, 6.07) is 4.47. The molecule has 2 amide bonds. The Labute approximate surface area is 142 Å². The van der Waals surface area contributed by atoms with Crippen LogP contribution in [0, 0.1) is 0 Å². The van der Waals surface area contributed by atoms with E-state index in [0.717, 1.165) is 19.3 Å². The fourth-order valence-electron chi connectivity index (χ4n) is 3.74. The van der Waals surface area contributed by atoms with Crippen LogP contribution < -0.4 is 5.32 Å². The fourth-order valence-corrected chi connectivity index (χ4v) is 4.45. The number of nitrogens with one attached hydrogen (secondary N) is 1. The predicted molar refractivity (Wildman–Crippen MR) is 92.4 cm³/mol. The number of likely N-dealkylation sites (tertiary alicyclic amines) is 1. The van der Waals surface area contributed by atoms with Gasteiger partial charge in [0.1, 0.15) is 0 Å². The quantitative estimate of drug-likeness (QED) is 0.841. The van der Waals surface area contributed by atoms with Crippen LogP contribution in [0.1, 0.15) is 56.2 Å². The molecule has 126 valence electrons. The van der Waals surface area contributed by atoms with Gasteiger partial charge in [-0.2, -0.15) is 0 Å². The Hall–Kier alpha value is -1.36. The molecule has 0 unspecified atom stereocenters. The minimum absolute atomic E-state index is 0.00147. The number of amides is 2. The molecule has 1 N–H and O–H groups in total. The molecule has 1 saturated heterocycles. The summed E-state index contributed by atoms with van der Waals surface area (Å²) in [4.78, 5) is 27.7. The monoisotopic (exact) mass is 334 g/mol. The zero-order valence-corrected chi connectivity index (χ0v) is 14.4. The number of hydrogen-bond acceptors (Lipinski definition) is 3. The van der Waals surface area contributed by atoms with E-state index in [-0.39, 0.29) is 17.9 Å². The van der Waals surface area contributed by atoms with Crippen LogP contribution in [0.2, 0.25) is 0 Å². The molecular formula is C18H26N2O2S. The average molecular weight is 334 g/mol. The predicted octanol–water partition coefficient (Wildman–Crippen LogP) is 3.12. The molecule has 1 aliphatic heterocycles. The van der Waals surface area contributed by atoms with Crippen LogP contribution in [0.4, 0.5) is 0 Å². The highest BCUT2D eigenvalue weighted by molar-refractivity contribution is 7.09. The van der Waals surface area contributed by atoms with Crippen molar-refractivity contribution in [2.24, 2.45) is 0 Å². The standard InChI is InChI=1S/C18H26N2O2S/c21-17(10-9-16-8-5-11-23-16)19-14-12-18(22)20(13-14)15-6-3-1-2-4-7-15/h5,8,11,14-15H,1-4,6-7,9-10,12-13H2,(H,19,21)/t14-/m0/s1. The summed E-state index contributed by atoms with van der Waals surface area (Å²) in [5, 5.41) is 5.09. The highest BCUT2D eigenvalue weighted by Gasteiger charge is 2.34. The van der Waals surface area contributed by atoms with E-state index in [9.17, 15) is 9.59 Å². The van der Waals surface area contributed by atoms with Crippen molar-refractivity contribution in [3.8, 4) is 0 Å². The first-order valence-electron chi connectivity index (χ1n) is 8.83. The Morgan fingerprint density at radius 1 is 1.26 bits per heavy atom. The molecule has 4 nitrogen and oxygen atoms in total. The topological polar surface area (TPSA) is 49.4 Å². The highest BCUT2D eigenvalue weighted by Crippen LogP contribution is 2.25.